The third-order valence-corrected chi connectivity index (χ3v) is 9.08. The number of piperidine rings is 1. The van der Waals surface area contributed by atoms with Crippen LogP contribution in [0.4, 0.5) is 0 Å². The molecule has 6 aliphatic rings. The summed E-state index contributed by atoms with van der Waals surface area (Å²) in [6.07, 6.45) is 7.95. The molecule has 0 unspecified atom stereocenters. The van der Waals surface area contributed by atoms with Crippen LogP contribution in [-0.2, 0) is 25.8 Å². The number of ether oxygens (including phenoxy) is 2. The van der Waals surface area contributed by atoms with Crippen molar-refractivity contribution in [2.45, 2.75) is 96.0 Å². The highest BCUT2D eigenvalue weighted by Gasteiger charge is 2.69. The Labute approximate surface area is 185 Å². The lowest BCUT2D eigenvalue weighted by Gasteiger charge is -2.60. The van der Waals surface area contributed by atoms with Gasteiger partial charge in [-0.1, -0.05) is 20.3 Å². The smallest absolute Gasteiger partial charge is 0.201 e. The highest BCUT2D eigenvalue weighted by Crippen LogP contribution is 2.62. The summed E-state index contributed by atoms with van der Waals surface area (Å²) in [5, 5.41) is 0. The molecule has 172 valence electrons. The SMILES string of the molecule is C[C@H]1[C@H](c2ccc(CN3CCCCC3)[nH]2)O[C@@H]2O[C@]3(C)CC[C@H]4[C@H](C)CC[C@@H]1[C@@]24OO3. The van der Waals surface area contributed by atoms with Crippen LogP contribution >= 0.6 is 0 Å². The van der Waals surface area contributed by atoms with E-state index >= 15 is 0 Å². The van der Waals surface area contributed by atoms with E-state index in [2.05, 4.69) is 35.9 Å². The van der Waals surface area contributed by atoms with Crippen molar-refractivity contribution >= 4 is 0 Å². The number of hydrogen-bond donors (Lipinski definition) is 1. The Morgan fingerprint density at radius 3 is 2.71 bits per heavy atom. The van der Waals surface area contributed by atoms with Gasteiger partial charge in [0.15, 0.2) is 11.9 Å². The molecule has 1 saturated carbocycles. The van der Waals surface area contributed by atoms with Gasteiger partial charge in [0.05, 0.1) is 0 Å². The minimum Gasteiger partial charge on any atom is -0.359 e. The second-order valence-electron chi connectivity index (χ2n) is 11.1. The normalized spacial score (nSPS) is 47.7. The molecule has 0 radical (unpaired) electrons. The first-order valence-corrected chi connectivity index (χ1v) is 12.6. The summed E-state index contributed by atoms with van der Waals surface area (Å²) in [6, 6.07) is 4.48. The summed E-state index contributed by atoms with van der Waals surface area (Å²) in [4.78, 5) is 18.5. The van der Waals surface area contributed by atoms with Crippen LogP contribution in [0.2, 0.25) is 0 Å². The van der Waals surface area contributed by atoms with Crippen molar-refractivity contribution in [1.82, 2.24) is 9.88 Å². The topological polar surface area (TPSA) is 56.0 Å². The zero-order valence-corrected chi connectivity index (χ0v) is 19.3. The molecule has 1 spiro atoms. The Kier molecular flexibility index (Phi) is 5.04. The number of aromatic amines is 1. The fourth-order valence-electron chi connectivity index (χ4n) is 7.34. The van der Waals surface area contributed by atoms with Gasteiger partial charge in [0.1, 0.15) is 6.10 Å². The fraction of sp³-hybridized carbons (Fsp3) is 0.840. The molecule has 31 heavy (non-hydrogen) atoms. The van der Waals surface area contributed by atoms with Crippen LogP contribution in [0.3, 0.4) is 0 Å². The van der Waals surface area contributed by atoms with Gasteiger partial charge < -0.3 is 14.5 Å². The fourth-order valence-corrected chi connectivity index (χ4v) is 7.34. The zero-order valence-electron chi connectivity index (χ0n) is 19.3. The number of H-pyrrole nitrogens is 1. The molecular weight excluding hydrogens is 392 g/mol. The van der Waals surface area contributed by atoms with Crippen LogP contribution in [0.15, 0.2) is 12.1 Å². The van der Waals surface area contributed by atoms with Crippen molar-refractivity contribution in [2.75, 3.05) is 13.1 Å². The maximum absolute atomic E-state index is 6.77. The molecule has 6 heterocycles. The number of nitrogens with zero attached hydrogens (tertiary/aromatic N) is 1. The van der Waals surface area contributed by atoms with E-state index in [0.29, 0.717) is 23.7 Å². The van der Waals surface area contributed by atoms with Gasteiger partial charge in [-0.2, -0.15) is 0 Å². The number of hydrogen-bond acceptors (Lipinski definition) is 5. The van der Waals surface area contributed by atoms with Crippen LogP contribution in [0.5, 0.6) is 0 Å². The first kappa shape index (κ1) is 20.7. The molecule has 1 N–H and O–H groups in total. The molecular formula is C25H38N2O4. The van der Waals surface area contributed by atoms with Gasteiger partial charge in [0.25, 0.3) is 0 Å². The molecule has 5 saturated heterocycles. The van der Waals surface area contributed by atoms with Gasteiger partial charge in [0.2, 0.25) is 5.79 Å². The van der Waals surface area contributed by atoms with E-state index in [0.717, 1.165) is 25.8 Å². The molecule has 7 rings (SSSR count). The first-order valence-electron chi connectivity index (χ1n) is 12.6. The maximum Gasteiger partial charge on any atom is 0.201 e. The Hall–Kier alpha value is -0.920. The zero-order chi connectivity index (χ0) is 21.2. The monoisotopic (exact) mass is 430 g/mol. The Morgan fingerprint density at radius 1 is 1.03 bits per heavy atom. The quantitative estimate of drug-likeness (QED) is 0.690. The van der Waals surface area contributed by atoms with Crippen molar-refractivity contribution < 1.29 is 19.2 Å². The average Bonchev–Trinajstić information content (AvgIpc) is 3.10. The predicted molar refractivity (Wildman–Crippen MR) is 116 cm³/mol. The summed E-state index contributed by atoms with van der Waals surface area (Å²) >= 11 is 0. The Bertz CT molecular complexity index is 807. The van der Waals surface area contributed by atoms with Gasteiger partial charge in [-0.25, -0.2) is 9.78 Å². The van der Waals surface area contributed by atoms with E-state index < -0.39 is 11.4 Å². The van der Waals surface area contributed by atoms with E-state index in [1.807, 2.05) is 6.92 Å². The number of nitrogens with one attached hydrogen (secondary N) is 1. The standard InChI is InChI=1S/C25H38N2O4/c1-16-7-9-20-17(2)22(21-10-8-18(26-21)15-27-13-5-4-6-14-27)28-23-25(20)19(16)11-12-24(3,29-23)30-31-25/h8,10,16-17,19-20,22-23,26H,4-7,9,11-15H2,1-3H3/t16-,17-,19+,20+,22-,23-,24+,25-/m1/s1. The van der Waals surface area contributed by atoms with Crippen LogP contribution in [0.1, 0.15) is 83.2 Å². The van der Waals surface area contributed by atoms with Gasteiger partial charge in [0, 0.05) is 30.3 Å². The number of aromatic nitrogens is 1. The average molecular weight is 431 g/mol. The molecule has 8 atom stereocenters. The van der Waals surface area contributed by atoms with Crippen molar-refractivity contribution in [3.05, 3.63) is 23.5 Å². The molecule has 1 aromatic heterocycles. The summed E-state index contributed by atoms with van der Waals surface area (Å²) in [5.74, 6) is 1.01. The second-order valence-corrected chi connectivity index (χ2v) is 11.1. The van der Waals surface area contributed by atoms with Gasteiger partial charge in [-0.15, -0.1) is 0 Å². The van der Waals surface area contributed by atoms with E-state index in [1.54, 1.807) is 0 Å². The lowest BCUT2D eigenvalue weighted by molar-refractivity contribution is -0.571. The predicted octanol–water partition coefficient (Wildman–Crippen LogP) is 4.92. The minimum absolute atomic E-state index is 0.00339. The number of rotatable bonds is 3. The Morgan fingerprint density at radius 2 is 1.87 bits per heavy atom. The molecule has 6 heteroatoms. The van der Waals surface area contributed by atoms with Crippen molar-refractivity contribution in [1.29, 1.82) is 0 Å². The van der Waals surface area contributed by atoms with Crippen molar-refractivity contribution in [3.63, 3.8) is 0 Å². The van der Waals surface area contributed by atoms with Crippen LogP contribution < -0.4 is 0 Å². The molecule has 1 aliphatic carbocycles. The largest absolute Gasteiger partial charge is 0.359 e. The third-order valence-electron chi connectivity index (χ3n) is 9.08. The lowest BCUT2D eigenvalue weighted by Crippen LogP contribution is -2.69. The van der Waals surface area contributed by atoms with Crippen molar-refractivity contribution in [3.8, 4) is 0 Å². The summed E-state index contributed by atoms with van der Waals surface area (Å²) in [5.41, 5.74) is 1.99. The molecule has 0 aromatic carbocycles. The minimum atomic E-state index is -0.711. The highest BCUT2D eigenvalue weighted by atomic mass is 17.3. The highest BCUT2D eigenvalue weighted by molar-refractivity contribution is 5.19. The second kappa shape index (κ2) is 7.56. The number of fused-ring (bicyclic) bond motifs is 2. The summed E-state index contributed by atoms with van der Waals surface area (Å²) in [7, 11) is 0. The molecule has 1 aromatic rings. The van der Waals surface area contributed by atoms with E-state index in [1.165, 1.54) is 50.2 Å². The van der Waals surface area contributed by atoms with E-state index in [4.69, 9.17) is 19.2 Å². The van der Waals surface area contributed by atoms with Gasteiger partial charge in [-0.05, 0) is 82.0 Å². The summed E-state index contributed by atoms with van der Waals surface area (Å²) < 4.78 is 13.3. The van der Waals surface area contributed by atoms with Crippen molar-refractivity contribution in [2.24, 2.45) is 23.7 Å². The first-order chi connectivity index (χ1) is 15.0. The molecule has 6 nitrogen and oxygen atoms in total. The van der Waals surface area contributed by atoms with Gasteiger partial charge in [-0.3, -0.25) is 4.90 Å². The Balaban J connectivity index is 1.28. The van der Waals surface area contributed by atoms with E-state index in [9.17, 15) is 0 Å². The molecule has 0 amide bonds. The van der Waals surface area contributed by atoms with Crippen LogP contribution in [0.25, 0.3) is 0 Å². The maximum atomic E-state index is 6.77. The molecule has 6 fully saturated rings. The third kappa shape index (κ3) is 3.24. The lowest BCUT2D eigenvalue weighted by atomic mass is 9.57. The number of likely N-dealkylation sites (tertiary alicyclic amines) is 1. The van der Waals surface area contributed by atoms with E-state index in [-0.39, 0.29) is 12.4 Å². The van der Waals surface area contributed by atoms with Crippen LogP contribution in [0, 0.1) is 23.7 Å². The summed E-state index contributed by atoms with van der Waals surface area (Å²) in [6.45, 7) is 10.1. The molecule has 2 bridgehead atoms. The van der Waals surface area contributed by atoms with Gasteiger partial charge >= 0.3 is 0 Å². The van der Waals surface area contributed by atoms with Crippen LogP contribution in [-0.4, -0.2) is 40.7 Å². The molecule has 5 aliphatic heterocycles.